The fraction of sp³-hybridized carbons (Fsp3) is 0.188. The number of aliphatic hydroxyl groups excluding tert-OH is 1. The first-order chi connectivity index (χ1) is 11.3. The third kappa shape index (κ3) is 4.01. The molecule has 2 rings (SSSR count). The van der Waals surface area contributed by atoms with E-state index in [1.165, 1.54) is 12.1 Å². The Morgan fingerprint density at radius 1 is 1.38 bits per heavy atom. The zero-order valence-electron chi connectivity index (χ0n) is 12.8. The van der Waals surface area contributed by atoms with Gasteiger partial charge in [0.25, 0.3) is 11.6 Å². The molecule has 0 heterocycles. The Labute approximate surface area is 143 Å². The number of nitrogen functional groups attached to an aromatic ring is 1. The van der Waals surface area contributed by atoms with Crippen molar-refractivity contribution in [1.29, 1.82) is 0 Å². The highest BCUT2D eigenvalue weighted by Crippen LogP contribution is 2.27. The maximum absolute atomic E-state index is 12.2. The van der Waals surface area contributed by atoms with Gasteiger partial charge in [0, 0.05) is 17.6 Å². The number of hydrogen-bond donors (Lipinski definition) is 3. The van der Waals surface area contributed by atoms with Crippen molar-refractivity contribution in [3.05, 3.63) is 68.2 Å². The van der Waals surface area contributed by atoms with Gasteiger partial charge in [-0.3, -0.25) is 14.9 Å². The van der Waals surface area contributed by atoms with Crippen LogP contribution >= 0.6 is 11.6 Å². The summed E-state index contributed by atoms with van der Waals surface area (Å²) >= 11 is 5.78. The molecule has 7 nitrogen and oxygen atoms in total. The lowest BCUT2D eigenvalue weighted by Gasteiger charge is -2.13. The van der Waals surface area contributed by atoms with Gasteiger partial charge in [0.15, 0.2) is 0 Å². The van der Waals surface area contributed by atoms with Crippen molar-refractivity contribution >= 4 is 28.9 Å². The van der Waals surface area contributed by atoms with Gasteiger partial charge in [-0.25, -0.2) is 0 Å². The van der Waals surface area contributed by atoms with E-state index in [2.05, 4.69) is 5.32 Å². The number of nitrogens with zero attached hydrogens (tertiary/aromatic N) is 1. The molecule has 1 amide bonds. The number of carbonyl (C=O) groups excluding carboxylic acids is 1. The number of amides is 1. The Hall–Kier alpha value is -2.64. The van der Waals surface area contributed by atoms with Gasteiger partial charge in [-0.1, -0.05) is 23.7 Å². The van der Waals surface area contributed by atoms with Crippen molar-refractivity contribution in [2.75, 3.05) is 12.3 Å². The van der Waals surface area contributed by atoms with Gasteiger partial charge >= 0.3 is 0 Å². The van der Waals surface area contributed by atoms with Gasteiger partial charge in [-0.15, -0.1) is 0 Å². The fourth-order valence-electron chi connectivity index (χ4n) is 2.20. The number of nitro benzene ring substituents is 1. The second-order valence-electron chi connectivity index (χ2n) is 5.28. The summed E-state index contributed by atoms with van der Waals surface area (Å²) in [5.74, 6) is -0.590. The van der Waals surface area contributed by atoms with Crippen LogP contribution in [0.25, 0.3) is 0 Å². The number of rotatable bonds is 5. The van der Waals surface area contributed by atoms with Gasteiger partial charge in [-0.05, 0) is 36.2 Å². The summed E-state index contributed by atoms with van der Waals surface area (Å²) in [4.78, 5) is 22.6. The minimum atomic E-state index is -0.938. The van der Waals surface area contributed by atoms with E-state index in [9.17, 15) is 20.0 Å². The van der Waals surface area contributed by atoms with E-state index in [1.54, 1.807) is 31.2 Å². The lowest BCUT2D eigenvalue weighted by Crippen LogP contribution is -2.29. The van der Waals surface area contributed by atoms with Crippen molar-refractivity contribution in [1.82, 2.24) is 5.32 Å². The van der Waals surface area contributed by atoms with Crippen LogP contribution in [0.2, 0.25) is 5.02 Å². The zero-order valence-corrected chi connectivity index (χ0v) is 13.6. The summed E-state index contributed by atoms with van der Waals surface area (Å²) in [6.45, 7) is 1.56. The molecule has 4 N–H and O–H groups in total. The summed E-state index contributed by atoms with van der Waals surface area (Å²) in [6, 6.07) is 9.31. The Bertz CT molecular complexity index is 778. The summed E-state index contributed by atoms with van der Waals surface area (Å²) in [7, 11) is 0. The Kier molecular flexibility index (Phi) is 5.38. The maximum Gasteiger partial charge on any atom is 0.293 e. The first kappa shape index (κ1) is 17.7. The predicted octanol–water partition coefficient (Wildman–Crippen LogP) is 2.60. The lowest BCUT2D eigenvalue weighted by atomic mass is 10.1. The van der Waals surface area contributed by atoms with E-state index in [0.717, 1.165) is 0 Å². The average Bonchev–Trinajstić information content (AvgIpc) is 2.54. The number of carbonyl (C=O) groups is 1. The Morgan fingerprint density at radius 3 is 2.58 bits per heavy atom. The Balaban J connectivity index is 2.13. The maximum atomic E-state index is 12.2. The molecule has 0 radical (unpaired) electrons. The SMILES string of the molecule is Cc1cc(C(=O)NCC(O)c2ccc(Cl)cc2)c(N)c([N+](=O)[O-])c1. The largest absolute Gasteiger partial charge is 0.393 e. The van der Waals surface area contributed by atoms with E-state index in [4.69, 9.17) is 17.3 Å². The topological polar surface area (TPSA) is 118 Å². The van der Waals surface area contributed by atoms with Gasteiger partial charge in [0.1, 0.15) is 5.69 Å². The van der Waals surface area contributed by atoms with Gasteiger partial charge in [-0.2, -0.15) is 0 Å². The summed E-state index contributed by atoms with van der Waals surface area (Å²) in [6.07, 6.45) is -0.938. The van der Waals surface area contributed by atoms with Crippen LogP contribution in [0.5, 0.6) is 0 Å². The minimum Gasteiger partial charge on any atom is -0.393 e. The molecule has 0 spiro atoms. The molecule has 24 heavy (non-hydrogen) atoms. The van der Waals surface area contributed by atoms with E-state index in [-0.39, 0.29) is 23.5 Å². The molecule has 0 aromatic heterocycles. The quantitative estimate of drug-likeness (QED) is 0.435. The van der Waals surface area contributed by atoms with E-state index in [1.807, 2.05) is 0 Å². The molecule has 0 saturated heterocycles. The van der Waals surface area contributed by atoms with Gasteiger partial charge in [0.05, 0.1) is 16.6 Å². The third-order valence-electron chi connectivity index (χ3n) is 3.45. The van der Waals surface area contributed by atoms with Crippen LogP contribution in [0.3, 0.4) is 0 Å². The van der Waals surface area contributed by atoms with Crippen LogP contribution in [-0.2, 0) is 0 Å². The van der Waals surface area contributed by atoms with Crippen LogP contribution in [0, 0.1) is 17.0 Å². The molecule has 1 unspecified atom stereocenters. The molecule has 8 heteroatoms. The standard InChI is InChI=1S/C16H16ClN3O4/c1-9-6-12(15(18)13(7-9)20(23)24)16(22)19-8-14(21)10-2-4-11(17)5-3-10/h2-7,14,21H,8,18H2,1H3,(H,19,22). The highest BCUT2D eigenvalue weighted by molar-refractivity contribution is 6.30. The second-order valence-corrected chi connectivity index (χ2v) is 5.72. The van der Waals surface area contributed by atoms with E-state index >= 15 is 0 Å². The lowest BCUT2D eigenvalue weighted by molar-refractivity contribution is -0.384. The highest BCUT2D eigenvalue weighted by Gasteiger charge is 2.21. The Morgan fingerprint density at radius 2 is 2.00 bits per heavy atom. The summed E-state index contributed by atoms with van der Waals surface area (Å²) in [5.41, 5.74) is 6.31. The van der Waals surface area contributed by atoms with Crippen LogP contribution in [0.15, 0.2) is 36.4 Å². The molecule has 1 atom stereocenters. The number of nitrogens with two attached hydrogens (primary N) is 1. The number of anilines is 1. The smallest absolute Gasteiger partial charge is 0.293 e. The minimum absolute atomic E-state index is 0.00464. The van der Waals surface area contributed by atoms with Crippen molar-refractivity contribution in [3.8, 4) is 0 Å². The molecule has 0 aliphatic heterocycles. The van der Waals surface area contributed by atoms with Crippen molar-refractivity contribution < 1.29 is 14.8 Å². The molecule has 0 aliphatic carbocycles. The number of benzene rings is 2. The van der Waals surface area contributed by atoms with Crippen molar-refractivity contribution in [2.45, 2.75) is 13.0 Å². The summed E-state index contributed by atoms with van der Waals surface area (Å²) < 4.78 is 0. The van der Waals surface area contributed by atoms with E-state index < -0.39 is 16.9 Å². The molecule has 2 aromatic rings. The van der Waals surface area contributed by atoms with Crippen molar-refractivity contribution in [3.63, 3.8) is 0 Å². The molecule has 0 aliphatic rings. The molecular weight excluding hydrogens is 334 g/mol. The van der Waals surface area contributed by atoms with E-state index in [0.29, 0.717) is 16.1 Å². The highest BCUT2D eigenvalue weighted by atomic mass is 35.5. The summed E-state index contributed by atoms with van der Waals surface area (Å²) in [5, 5.41) is 24.1. The van der Waals surface area contributed by atoms with Gasteiger partial charge in [0.2, 0.25) is 0 Å². The molecule has 126 valence electrons. The first-order valence-corrected chi connectivity index (χ1v) is 7.43. The normalized spacial score (nSPS) is 11.8. The molecule has 0 bridgehead atoms. The molecular formula is C16H16ClN3O4. The monoisotopic (exact) mass is 349 g/mol. The number of aliphatic hydroxyl groups is 1. The molecule has 2 aromatic carbocycles. The fourth-order valence-corrected chi connectivity index (χ4v) is 2.33. The third-order valence-corrected chi connectivity index (χ3v) is 3.71. The number of hydrogen-bond acceptors (Lipinski definition) is 5. The second kappa shape index (κ2) is 7.29. The number of aryl methyl sites for hydroxylation is 1. The van der Waals surface area contributed by atoms with Gasteiger partial charge < -0.3 is 16.2 Å². The van der Waals surface area contributed by atoms with Crippen LogP contribution < -0.4 is 11.1 Å². The number of nitrogens with one attached hydrogen (secondary N) is 1. The number of nitro groups is 1. The molecule has 0 saturated carbocycles. The average molecular weight is 350 g/mol. The zero-order chi connectivity index (χ0) is 17.9. The number of halogens is 1. The molecule has 0 fully saturated rings. The van der Waals surface area contributed by atoms with Crippen LogP contribution in [0.1, 0.15) is 27.6 Å². The van der Waals surface area contributed by atoms with Crippen LogP contribution in [-0.4, -0.2) is 22.5 Å². The van der Waals surface area contributed by atoms with Crippen molar-refractivity contribution in [2.24, 2.45) is 0 Å². The van der Waals surface area contributed by atoms with Crippen LogP contribution in [0.4, 0.5) is 11.4 Å². The first-order valence-electron chi connectivity index (χ1n) is 7.06. The predicted molar refractivity (Wildman–Crippen MR) is 91.0 cm³/mol.